The maximum absolute atomic E-state index is 5.71. The van der Waals surface area contributed by atoms with Gasteiger partial charge in [-0.15, -0.1) is 0 Å². The van der Waals surface area contributed by atoms with E-state index in [1.54, 1.807) is 6.20 Å². The maximum atomic E-state index is 5.71. The lowest BCUT2D eigenvalue weighted by Crippen LogP contribution is -2.34. The van der Waals surface area contributed by atoms with E-state index < -0.39 is 0 Å². The Bertz CT molecular complexity index is 315. The second kappa shape index (κ2) is 6.33. The summed E-state index contributed by atoms with van der Waals surface area (Å²) < 4.78 is 5.50. The highest BCUT2D eigenvalue weighted by atomic mass is 16.5. The number of ether oxygens (including phenoxy) is 1. The molecule has 0 fully saturated rings. The normalized spacial score (nSPS) is 12.6. The van der Waals surface area contributed by atoms with E-state index in [9.17, 15) is 0 Å². The predicted octanol–water partition coefficient (Wildman–Crippen LogP) is 1.88. The zero-order valence-electron chi connectivity index (χ0n) is 10.2. The van der Waals surface area contributed by atoms with Crippen molar-refractivity contribution in [2.24, 2.45) is 11.7 Å². The van der Waals surface area contributed by atoms with Crippen LogP contribution in [0.3, 0.4) is 0 Å². The Morgan fingerprint density at radius 2 is 2.25 bits per heavy atom. The molecule has 1 unspecified atom stereocenters. The van der Waals surface area contributed by atoms with Crippen LogP contribution in [0.5, 0.6) is 5.75 Å². The third-order valence-corrected chi connectivity index (χ3v) is 2.45. The Morgan fingerprint density at radius 1 is 1.50 bits per heavy atom. The minimum atomic E-state index is 0.217. The molecule has 0 aromatic carbocycles. The van der Waals surface area contributed by atoms with E-state index in [1.165, 1.54) is 0 Å². The van der Waals surface area contributed by atoms with Gasteiger partial charge in [-0.1, -0.05) is 13.8 Å². The second-order valence-corrected chi connectivity index (χ2v) is 4.01. The van der Waals surface area contributed by atoms with Gasteiger partial charge in [-0.3, -0.25) is 0 Å². The molecule has 90 valence electrons. The minimum Gasteiger partial charge on any atom is -0.490 e. The van der Waals surface area contributed by atoms with Gasteiger partial charge in [0.1, 0.15) is 0 Å². The van der Waals surface area contributed by atoms with Crippen LogP contribution < -0.4 is 15.8 Å². The summed E-state index contributed by atoms with van der Waals surface area (Å²) in [7, 11) is 0. The molecule has 16 heavy (non-hydrogen) atoms. The summed E-state index contributed by atoms with van der Waals surface area (Å²) in [5.74, 6) is 2.01. The molecule has 0 amide bonds. The molecule has 0 spiro atoms. The SMILES string of the molecule is CCOc1cccnc1NC(CN)C(C)C. The number of hydrogen-bond acceptors (Lipinski definition) is 4. The summed E-state index contributed by atoms with van der Waals surface area (Å²) in [4.78, 5) is 4.28. The zero-order valence-corrected chi connectivity index (χ0v) is 10.2. The van der Waals surface area contributed by atoms with Crippen molar-refractivity contribution in [1.29, 1.82) is 0 Å². The molecule has 0 saturated heterocycles. The predicted molar refractivity (Wildman–Crippen MR) is 66.7 cm³/mol. The van der Waals surface area contributed by atoms with E-state index >= 15 is 0 Å². The molecule has 0 aliphatic heterocycles. The smallest absolute Gasteiger partial charge is 0.169 e. The number of anilines is 1. The van der Waals surface area contributed by atoms with E-state index in [1.807, 2.05) is 19.1 Å². The van der Waals surface area contributed by atoms with Gasteiger partial charge in [-0.25, -0.2) is 4.98 Å². The largest absolute Gasteiger partial charge is 0.490 e. The second-order valence-electron chi connectivity index (χ2n) is 4.01. The van der Waals surface area contributed by atoms with Crippen molar-refractivity contribution < 1.29 is 4.74 Å². The van der Waals surface area contributed by atoms with Crippen LogP contribution >= 0.6 is 0 Å². The average molecular weight is 223 g/mol. The van der Waals surface area contributed by atoms with Crippen molar-refractivity contribution in [2.75, 3.05) is 18.5 Å². The molecule has 1 heterocycles. The summed E-state index contributed by atoms with van der Waals surface area (Å²) in [6.45, 7) is 7.44. The van der Waals surface area contributed by atoms with E-state index in [0.29, 0.717) is 19.1 Å². The minimum absolute atomic E-state index is 0.217. The fourth-order valence-electron chi connectivity index (χ4n) is 1.44. The molecule has 1 atom stereocenters. The topological polar surface area (TPSA) is 60.2 Å². The van der Waals surface area contributed by atoms with Crippen LogP contribution in [0, 0.1) is 5.92 Å². The molecular formula is C12H21N3O. The molecule has 0 aliphatic carbocycles. The third-order valence-electron chi connectivity index (χ3n) is 2.45. The van der Waals surface area contributed by atoms with Crippen LogP contribution in [0.4, 0.5) is 5.82 Å². The summed E-state index contributed by atoms with van der Waals surface area (Å²) in [6.07, 6.45) is 1.75. The standard InChI is InChI=1S/C12H21N3O/c1-4-16-11-6-5-7-14-12(11)15-10(8-13)9(2)3/h5-7,9-10H,4,8,13H2,1-3H3,(H,14,15). The molecule has 1 aromatic rings. The fraction of sp³-hybridized carbons (Fsp3) is 0.583. The van der Waals surface area contributed by atoms with Gasteiger partial charge < -0.3 is 15.8 Å². The summed E-state index contributed by atoms with van der Waals surface area (Å²) in [6, 6.07) is 3.99. The van der Waals surface area contributed by atoms with Gasteiger partial charge in [-0.05, 0) is 25.0 Å². The first kappa shape index (κ1) is 12.8. The number of rotatable bonds is 6. The van der Waals surface area contributed by atoms with Crippen LogP contribution in [0.2, 0.25) is 0 Å². The lowest BCUT2D eigenvalue weighted by Gasteiger charge is -2.22. The molecule has 0 radical (unpaired) electrons. The number of hydrogen-bond donors (Lipinski definition) is 2. The number of nitrogens with zero attached hydrogens (tertiary/aromatic N) is 1. The van der Waals surface area contributed by atoms with Crippen LogP contribution in [-0.4, -0.2) is 24.2 Å². The highest BCUT2D eigenvalue weighted by Crippen LogP contribution is 2.22. The monoisotopic (exact) mass is 223 g/mol. The van der Waals surface area contributed by atoms with Gasteiger partial charge in [0.15, 0.2) is 11.6 Å². The van der Waals surface area contributed by atoms with Gasteiger partial charge in [0, 0.05) is 18.8 Å². The highest BCUT2D eigenvalue weighted by Gasteiger charge is 2.13. The van der Waals surface area contributed by atoms with Crippen molar-refractivity contribution in [3.63, 3.8) is 0 Å². The van der Waals surface area contributed by atoms with Crippen molar-refractivity contribution in [1.82, 2.24) is 4.98 Å². The first-order chi connectivity index (χ1) is 7.69. The van der Waals surface area contributed by atoms with Crippen LogP contribution in [0.25, 0.3) is 0 Å². The van der Waals surface area contributed by atoms with Crippen molar-refractivity contribution in [3.8, 4) is 5.75 Å². The molecule has 4 heteroatoms. The van der Waals surface area contributed by atoms with Crippen molar-refractivity contribution in [2.45, 2.75) is 26.8 Å². The summed E-state index contributed by atoms with van der Waals surface area (Å²) >= 11 is 0. The van der Waals surface area contributed by atoms with Crippen LogP contribution in [0.1, 0.15) is 20.8 Å². The highest BCUT2D eigenvalue weighted by molar-refractivity contribution is 5.50. The number of nitrogens with two attached hydrogens (primary N) is 1. The van der Waals surface area contributed by atoms with E-state index in [2.05, 4.69) is 24.1 Å². The lowest BCUT2D eigenvalue weighted by atomic mass is 10.0. The van der Waals surface area contributed by atoms with Gasteiger partial charge in [0.05, 0.1) is 6.61 Å². The van der Waals surface area contributed by atoms with Crippen LogP contribution in [0.15, 0.2) is 18.3 Å². The van der Waals surface area contributed by atoms with Crippen molar-refractivity contribution >= 4 is 5.82 Å². The Kier molecular flexibility index (Phi) is 5.05. The molecule has 0 aliphatic rings. The molecule has 0 bridgehead atoms. The molecule has 1 rings (SSSR count). The van der Waals surface area contributed by atoms with Gasteiger partial charge >= 0.3 is 0 Å². The van der Waals surface area contributed by atoms with Crippen LogP contribution in [-0.2, 0) is 0 Å². The van der Waals surface area contributed by atoms with Crippen molar-refractivity contribution in [3.05, 3.63) is 18.3 Å². The Labute approximate surface area is 97.2 Å². The van der Waals surface area contributed by atoms with Gasteiger partial charge in [0.2, 0.25) is 0 Å². The van der Waals surface area contributed by atoms with Gasteiger partial charge in [0.25, 0.3) is 0 Å². The zero-order chi connectivity index (χ0) is 12.0. The third kappa shape index (κ3) is 3.38. The molecule has 0 saturated carbocycles. The maximum Gasteiger partial charge on any atom is 0.169 e. The molecular weight excluding hydrogens is 202 g/mol. The Morgan fingerprint density at radius 3 is 2.81 bits per heavy atom. The average Bonchev–Trinajstić information content (AvgIpc) is 2.27. The molecule has 3 N–H and O–H groups in total. The fourth-order valence-corrected chi connectivity index (χ4v) is 1.44. The summed E-state index contributed by atoms with van der Waals surface area (Å²) in [5, 5.41) is 3.32. The molecule has 4 nitrogen and oxygen atoms in total. The number of pyridine rings is 1. The number of nitrogens with one attached hydrogen (secondary N) is 1. The Hall–Kier alpha value is -1.29. The molecule has 1 aromatic heterocycles. The van der Waals surface area contributed by atoms with E-state index in [0.717, 1.165) is 11.6 Å². The quantitative estimate of drug-likeness (QED) is 0.773. The van der Waals surface area contributed by atoms with E-state index in [4.69, 9.17) is 10.5 Å². The summed E-state index contributed by atoms with van der Waals surface area (Å²) in [5.41, 5.74) is 5.71. The first-order valence-electron chi connectivity index (χ1n) is 5.73. The van der Waals surface area contributed by atoms with Gasteiger partial charge in [-0.2, -0.15) is 0 Å². The first-order valence-corrected chi connectivity index (χ1v) is 5.73. The Balaban J connectivity index is 2.78. The lowest BCUT2D eigenvalue weighted by molar-refractivity contribution is 0.339. The number of aromatic nitrogens is 1. The van der Waals surface area contributed by atoms with E-state index in [-0.39, 0.29) is 6.04 Å².